The summed E-state index contributed by atoms with van der Waals surface area (Å²) in [6.45, 7) is 1.50. The molecule has 3 aromatic carbocycles. The van der Waals surface area contributed by atoms with Crippen molar-refractivity contribution in [3.8, 4) is 0 Å². The van der Waals surface area contributed by atoms with Crippen molar-refractivity contribution in [2.45, 2.75) is 26.2 Å². The van der Waals surface area contributed by atoms with Crippen molar-refractivity contribution in [3.05, 3.63) is 95.6 Å². The number of anilines is 2. The van der Waals surface area contributed by atoms with Crippen LogP contribution in [0.3, 0.4) is 0 Å². The van der Waals surface area contributed by atoms with E-state index < -0.39 is 0 Å². The van der Waals surface area contributed by atoms with E-state index in [0.717, 1.165) is 40.9 Å². The molecule has 0 saturated heterocycles. The smallest absolute Gasteiger partial charge is 0.228 e. The van der Waals surface area contributed by atoms with Gasteiger partial charge in [0.25, 0.3) is 0 Å². The number of rotatable bonds is 7. The van der Waals surface area contributed by atoms with Gasteiger partial charge in [0.1, 0.15) is 0 Å². The molecule has 0 aliphatic heterocycles. The minimum Gasteiger partial charge on any atom is -0.326 e. The van der Waals surface area contributed by atoms with Gasteiger partial charge in [-0.2, -0.15) is 0 Å². The van der Waals surface area contributed by atoms with Crippen molar-refractivity contribution in [3.63, 3.8) is 0 Å². The molecular formula is C24H24N2O2. The first-order valence-corrected chi connectivity index (χ1v) is 9.38. The van der Waals surface area contributed by atoms with Crippen LogP contribution in [0.25, 0.3) is 0 Å². The summed E-state index contributed by atoms with van der Waals surface area (Å²) in [4.78, 5) is 23.5. The lowest BCUT2D eigenvalue weighted by Gasteiger charge is -2.09. The van der Waals surface area contributed by atoms with E-state index in [1.165, 1.54) is 6.92 Å². The first-order chi connectivity index (χ1) is 13.6. The molecule has 0 fully saturated rings. The lowest BCUT2D eigenvalue weighted by Crippen LogP contribution is -2.14. The second-order valence-corrected chi connectivity index (χ2v) is 6.79. The van der Waals surface area contributed by atoms with E-state index in [1.807, 2.05) is 66.7 Å². The number of hydrogen-bond acceptors (Lipinski definition) is 2. The standard InChI is InChI=1S/C24H24N2O2/c1-18(27)25-22-11-5-9-20(15-22)13-14-21-10-6-12-23(16-21)26-24(28)17-19-7-3-2-4-8-19/h2-12,15-16H,13-14,17H2,1H3,(H,25,27)(H,26,28). The summed E-state index contributed by atoms with van der Waals surface area (Å²) < 4.78 is 0. The normalized spacial score (nSPS) is 10.3. The molecule has 0 aromatic heterocycles. The molecule has 3 rings (SSSR count). The molecule has 0 atom stereocenters. The van der Waals surface area contributed by atoms with Gasteiger partial charge in [-0.05, 0) is 53.8 Å². The van der Waals surface area contributed by atoms with Crippen LogP contribution >= 0.6 is 0 Å². The Kier molecular flexibility index (Phi) is 6.58. The summed E-state index contributed by atoms with van der Waals surface area (Å²) in [5.41, 5.74) is 4.93. The minimum absolute atomic E-state index is 0.0219. The maximum Gasteiger partial charge on any atom is 0.228 e. The number of carbonyl (C=O) groups excluding carboxylic acids is 2. The molecule has 2 amide bonds. The van der Waals surface area contributed by atoms with Crippen LogP contribution in [0.15, 0.2) is 78.9 Å². The zero-order chi connectivity index (χ0) is 19.8. The third-order valence-corrected chi connectivity index (χ3v) is 4.37. The fraction of sp³-hybridized carbons (Fsp3) is 0.167. The highest BCUT2D eigenvalue weighted by molar-refractivity contribution is 5.92. The topological polar surface area (TPSA) is 58.2 Å². The lowest BCUT2D eigenvalue weighted by atomic mass is 10.0. The molecular weight excluding hydrogens is 348 g/mol. The average molecular weight is 372 g/mol. The van der Waals surface area contributed by atoms with Crippen LogP contribution in [-0.2, 0) is 28.9 Å². The summed E-state index contributed by atoms with van der Waals surface area (Å²) in [5, 5.41) is 5.78. The van der Waals surface area contributed by atoms with Gasteiger partial charge in [-0.15, -0.1) is 0 Å². The van der Waals surface area contributed by atoms with Crippen LogP contribution in [0, 0.1) is 0 Å². The Hall–Kier alpha value is -3.40. The summed E-state index contributed by atoms with van der Waals surface area (Å²) in [5.74, 6) is -0.0950. The van der Waals surface area contributed by atoms with Gasteiger partial charge in [-0.25, -0.2) is 0 Å². The highest BCUT2D eigenvalue weighted by Gasteiger charge is 2.05. The van der Waals surface area contributed by atoms with Gasteiger partial charge >= 0.3 is 0 Å². The van der Waals surface area contributed by atoms with Crippen molar-refractivity contribution in [2.24, 2.45) is 0 Å². The third-order valence-electron chi connectivity index (χ3n) is 4.37. The zero-order valence-corrected chi connectivity index (χ0v) is 15.9. The van der Waals surface area contributed by atoms with E-state index in [2.05, 4.69) is 22.8 Å². The number of aryl methyl sites for hydroxylation is 2. The molecule has 0 heterocycles. The molecule has 0 aliphatic carbocycles. The number of carbonyl (C=O) groups is 2. The van der Waals surface area contributed by atoms with Crippen LogP contribution in [0.4, 0.5) is 11.4 Å². The van der Waals surface area contributed by atoms with Gasteiger partial charge < -0.3 is 10.6 Å². The van der Waals surface area contributed by atoms with Gasteiger partial charge in [0.2, 0.25) is 11.8 Å². The molecule has 3 aromatic rings. The molecule has 28 heavy (non-hydrogen) atoms. The molecule has 0 saturated carbocycles. The predicted octanol–water partition coefficient (Wildman–Crippen LogP) is 4.61. The third kappa shape index (κ3) is 6.09. The zero-order valence-electron chi connectivity index (χ0n) is 15.9. The highest BCUT2D eigenvalue weighted by atomic mass is 16.2. The Morgan fingerprint density at radius 1 is 0.679 bits per heavy atom. The monoisotopic (exact) mass is 372 g/mol. The van der Waals surface area contributed by atoms with Crippen molar-refractivity contribution in [1.82, 2.24) is 0 Å². The number of hydrogen-bond donors (Lipinski definition) is 2. The predicted molar refractivity (Wildman–Crippen MR) is 113 cm³/mol. The fourth-order valence-corrected chi connectivity index (χ4v) is 3.09. The van der Waals surface area contributed by atoms with Crippen molar-refractivity contribution >= 4 is 23.2 Å². The second kappa shape index (κ2) is 9.51. The molecule has 0 unspecified atom stereocenters. The SMILES string of the molecule is CC(=O)Nc1cccc(CCc2cccc(NC(=O)Cc3ccccc3)c2)c1. The molecule has 0 bridgehead atoms. The van der Waals surface area contributed by atoms with Gasteiger partial charge in [-0.1, -0.05) is 54.6 Å². The van der Waals surface area contributed by atoms with Gasteiger partial charge in [0.15, 0.2) is 0 Å². The van der Waals surface area contributed by atoms with Gasteiger partial charge in [0.05, 0.1) is 6.42 Å². The summed E-state index contributed by atoms with van der Waals surface area (Å²) in [6, 6.07) is 25.5. The number of benzene rings is 3. The summed E-state index contributed by atoms with van der Waals surface area (Å²) >= 11 is 0. The average Bonchev–Trinajstić information content (AvgIpc) is 2.67. The van der Waals surface area contributed by atoms with Crippen molar-refractivity contribution < 1.29 is 9.59 Å². The quantitative estimate of drug-likeness (QED) is 0.636. The van der Waals surface area contributed by atoms with Crippen LogP contribution < -0.4 is 10.6 Å². The number of nitrogens with one attached hydrogen (secondary N) is 2. The molecule has 142 valence electrons. The van der Waals surface area contributed by atoms with Crippen LogP contribution in [0.5, 0.6) is 0 Å². The molecule has 4 nitrogen and oxygen atoms in total. The fourth-order valence-electron chi connectivity index (χ4n) is 3.09. The van der Waals surface area contributed by atoms with E-state index in [-0.39, 0.29) is 11.8 Å². The maximum absolute atomic E-state index is 12.3. The van der Waals surface area contributed by atoms with E-state index in [9.17, 15) is 9.59 Å². The Labute approximate surface area is 165 Å². The second-order valence-electron chi connectivity index (χ2n) is 6.79. The van der Waals surface area contributed by atoms with E-state index in [0.29, 0.717) is 6.42 Å². The van der Waals surface area contributed by atoms with Crippen LogP contribution in [0.1, 0.15) is 23.6 Å². The van der Waals surface area contributed by atoms with E-state index in [1.54, 1.807) is 0 Å². The van der Waals surface area contributed by atoms with Gasteiger partial charge in [-0.3, -0.25) is 9.59 Å². The largest absolute Gasteiger partial charge is 0.326 e. The highest BCUT2D eigenvalue weighted by Crippen LogP contribution is 2.16. The molecule has 2 N–H and O–H groups in total. The Morgan fingerprint density at radius 3 is 1.79 bits per heavy atom. The van der Waals surface area contributed by atoms with E-state index in [4.69, 9.17) is 0 Å². The Bertz CT molecular complexity index is 952. The van der Waals surface area contributed by atoms with Crippen molar-refractivity contribution in [2.75, 3.05) is 10.6 Å². The Morgan fingerprint density at radius 2 is 1.21 bits per heavy atom. The summed E-state index contributed by atoms with van der Waals surface area (Å²) in [7, 11) is 0. The van der Waals surface area contributed by atoms with E-state index >= 15 is 0 Å². The maximum atomic E-state index is 12.3. The minimum atomic E-state index is -0.0731. The first kappa shape index (κ1) is 19.4. The Balaban J connectivity index is 1.57. The molecule has 0 spiro atoms. The summed E-state index contributed by atoms with van der Waals surface area (Å²) in [6.07, 6.45) is 2.07. The number of amides is 2. The molecule has 0 aliphatic rings. The molecule has 0 radical (unpaired) electrons. The van der Waals surface area contributed by atoms with Crippen molar-refractivity contribution in [1.29, 1.82) is 0 Å². The first-order valence-electron chi connectivity index (χ1n) is 9.38. The van der Waals surface area contributed by atoms with Crippen LogP contribution in [-0.4, -0.2) is 11.8 Å². The molecule has 4 heteroatoms. The lowest BCUT2D eigenvalue weighted by molar-refractivity contribution is -0.116. The van der Waals surface area contributed by atoms with Crippen LogP contribution in [0.2, 0.25) is 0 Å². The van der Waals surface area contributed by atoms with Gasteiger partial charge in [0, 0.05) is 18.3 Å².